The lowest BCUT2D eigenvalue weighted by Crippen LogP contribution is -2.26. The van der Waals surface area contributed by atoms with Crippen LogP contribution in [0.3, 0.4) is 0 Å². The van der Waals surface area contributed by atoms with Gasteiger partial charge in [-0.2, -0.15) is 0 Å². The van der Waals surface area contributed by atoms with Gasteiger partial charge in [0, 0.05) is 12.3 Å². The number of esters is 1. The highest BCUT2D eigenvalue weighted by molar-refractivity contribution is 7.99. The highest BCUT2D eigenvalue weighted by atomic mass is 32.2. The van der Waals surface area contributed by atoms with Gasteiger partial charge in [0.15, 0.2) is 0 Å². The quantitative estimate of drug-likeness (QED) is 0.367. The number of ether oxygens (including phenoxy) is 1. The summed E-state index contributed by atoms with van der Waals surface area (Å²) in [5, 5.41) is 3.01. The third-order valence-electron chi connectivity index (χ3n) is 1.64. The summed E-state index contributed by atoms with van der Waals surface area (Å²) < 4.78 is 4.97. The molecule has 0 rings (SSSR count). The molecule has 0 aromatic heterocycles. The SMILES string of the molecule is C#CCSCCNCC(=O)OCCCC. The second kappa shape index (κ2) is 11.4. The molecule has 0 saturated carbocycles. The topological polar surface area (TPSA) is 38.3 Å². The lowest BCUT2D eigenvalue weighted by molar-refractivity contribution is -0.142. The van der Waals surface area contributed by atoms with Gasteiger partial charge in [0.25, 0.3) is 0 Å². The summed E-state index contributed by atoms with van der Waals surface area (Å²) in [5.74, 6) is 4.02. The van der Waals surface area contributed by atoms with E-state index in [4.69, 9.17) is 11.2 Å². The van der Waals surface area contributed by atoms with Crippen molar-refractivity contribution >= 4 is 17.7 Å². The van der Waals surface area contributed by atoms with E-state index < -0.39 is 0 Å². The Morgan fingerprint density at radius 1 is 1.60 bits per heavy atom. The maximum absolute atomic E-state index is 11.1. The van der Waals surface area contributed by atoms with Crippen LogP contribution in [0.1, 0.15) is 19.8 Å². The molecule has 1 N–H and O–H groups in total. The van der Waals surface area contributed by atoms with Crippen LogP contribution in [0.2, 0.25) is 0 Å². The molecule has 0 aliphatic heterocycles. The third kappa shape index (κ3) is 11.3. The summed E-state index contributed by atoms with van der Waals surface area (Å²) in [6.45, 7) is 3.67. The molecular formula is C11H19NO2S. The molecule has 0 saturated heterocycles. The second-order valence-corrected chi connectivity index (χ2v) is 4.11. The predicted molar refractivity (Wildman–Crippen MR) is 64.9 cm³/mol. The summed E-state index contributed by atoms with van der Waals surface area (Å²) in [5.41, 5.74) is 0. The van der Waals surface area contributed by atoms with Crippen molar-refractivity contribution < 1.29 is 9.53 Å². The fourth-order valence-corrected chi connectivity index (χ4v) is 1.40. The molecule has 0 aliphatic carbocycles. The highest BCUT2D eigenvalue weighted by Crippen LogP contribution is 1.95. The molecule has 0 aromatic rings. The summed E-state index contributed by atoms with van der Waals surface area (Å²) in [6, 6.07) is 0. The average molecular weight is 229 g/mol. The zero-order chi connectivity index (χ0) is 11.4. The molecule has 15 heavy (non-hydrogen) atoms. The van der Waals surface area contributed by atoms with Gasteiger partial charge >= 0.3 is 5.97 Å². The van der Waals surface area contributed by atoms with Crippen LogP contribution in [-0.4, -0.2) is 37.2 Å². The first-order chi connectivity index (χ1) is 7.31. The van der Waals surface area contributed by atoms with Crippen molar-refractivity contribution in [3.8, 4) is 12.3 Å². The lowest BCUT2D eigenvalue weighted by Gasteiger charge is -2.04. The molecule has 4 heteroatoms. The Hall–Kier alpha value is -0.660. The minimum absolute atomic E-state index is 0.176. The van der Waals surface area contributed by atoms with E-state index in [0.717, 1.165) is 30.9 Å². The molecule has 86 valence electrons. The monoisotopic (exact) mass is 229 g/mol. The van der Waals surface area contributed by atoms with Gasteiger partial charge in [0.2, 0.25) is 0 Å². The summed E-state index contributed by atoms with van der Waals surface area (Å²) >= 11 is 1.68. The molecule has 3 nitrogen and oxygen atoms in total. The first-order valence-corrected chi connectivity index (χ1v) is 6.34. The number of hydrogen-bond donors (Lipinski definition) is 1. The van der Waals surface area contributed by atoms with E-state index in [9.17, 15) is 4.79 Å². The van der Waals surface area contributed by atoms with Crippen molar-refractivity contribution in [3.63, 3.8) is 0 Å². The highest BCUT2D eigenvalue weighted by Gasteiger charge is 2.00. The Balaban J connectivity index is 3.14. The number of terminal acetylenes is 1. The van der Waals surface area contributed by atoms with Gasteiger partial charge in [-0.1, -0.05) is 19.3 Å². The van der Waals surface area contributed by atoms with Crippen LogP contribution < -0.4 is 5.32 Å². The fourth-order valence-electron chi connectivity index (χ4n) is 0.847. The van der Waals surface area contributed by atoms with Crippen LogP contribution in [0, 0.1) is 12.3 Å². The van der Waals surface area contributed by atoms with Gasteiger partial charge < -0.3 is 10.1 Å². The Labute approximate surface area is 96.3 Å². The predicted octanol–water partition coefficient (Wildman–Crippen LogP) is 1.29. The molecular weight excluding hydrogens is 210 g/mol. The van der Waals surface area contributed by atoms with Gasteiger partial charge in [0.1, 0.15) is 0 Å². The number of thioether (sulfide) groups is 1. The lowest BCUT2D eigenvalue weighted by atomic mass is 10.4. The van der Waals surface area contributed by atoms with Crippen LogP contribution >= 0.6 is 11.8 Å². The van der Waals surface area contributed by atoms with E-state index in [1.54, 1.807) is 11.8 Å². The zero-order valence-corrected chi connectivity index (χ0v) is 10.1. The van der Waals surface area contributed by atoms with E-state index >= 15 is 0 Å². The Morgan fingerprint density at radius 2 is 2.40 bits per heavy atom. The van der Waals surface area contributed by atoms with Crippen molar-refractivity contribution in [2.45, 2.75) is 19.8 Å². The van der Waals surface area contributed by atoms with Crippen molar-refractivity contribution in [1.29, 1.82) is 0 Å². The number of rotatable bonds is 9. The van der Waals surface area contributed by atoms with Gasteiger partial charge in [-0.15, -0.1) is 18.2 Å². The molecule has 0 spiro atoms. The molecule has 0 radical (unpaired) electrons. The number of carbonyl (C=O) groups excluding carboxylic acids is 1. The molecule has 0 atom stereocenters. The first kappa shape index (κ1) is 14.3. The minimum Gasteiger partial charge on any atom is -0.465 e. The standard InChI is InChI=1S/C11H19NO2S/c1-3-5-7-14-11(13)10-12-6-9-15-8-4-2/h2,12H,3,5-10H2,1H3. The summed E-state index contributed by atoms with van der Waals surface area (Å²) in [7, 11) is 0. The number of hydrogen-bond acceptors (Lipinski definition) is 4. The minimum atomic E-state index is -0.176. The molecule has 0 aromatic carbocycles. The zero-order valence-electron chi connectivity index (χ0n) is 9.25. The maximum atomic E-state index is 11.1. The number of unbranched alkanes of at least 4 members (excludes halogenated alkanes) is 1. The second-order valence-electron chi connectivity index (χ2n) is 3.01. The van der Waals surface area contributed by atoms with Gasteiger partial charge in [0.05, 0.1) is 18.9 Å². The smallest absolute Gasteiger partial charge is 0.319 e. The fraction of sp³-hybridized carbons (Fsp3) is 0.727. The van der Waals surface area contributed by atoms with Gasteiger partial charge in [-0.25, -0.2) is 0 Å². The van der Waals surface area contributed by atoms with E-state index in [1.165, 1.54) is 0 Å². The van der Waals surface area contributed by atoms with Crippen LogP contribution in [0.25, 0.3) is 0 Å². The van der Waals surface area contributed by atoms with Crippen LogP contribution in [0.15, 0.2) is 0 Å². The van der Waals surface area contributed by atoms with Crippen LogP contribution in [0.5, 0.6) is 0 Å². The molecule has 0 aliphatic rings. The molecule has 0 fully saturated rings. The number of carbonyl (C=O) groups is 1. The van der Waals surface area contributed by atoms with Crippen molar-refractivity contribution in [2.24, 2.45) is 0 Å². The van der Waals surface area contributed by atoms with Gasteiger partial charge in [-0.05, 0) is 6.42 Å². The average Bonchev–Trinajstić information content (AvgIpc) is 2.23. The number of nitrogens with one attached hydrogen (secondary N) is 1. The first-order valence-electron chi connectivity index (χ1n) is 5.18. The van der Waals surface area contributed by atoms with Crippen LogP contribution in [-0.2, 0) is 9.53 Å². The summed E-state index contributed by atoms with van der Waals surface area (Å²) in [4.78, 5) is 11.1. The molecule has 0 amide bonds. The van der Waals surface area contributed by atoms with E-state index in [1.807, 2.05) is 0 Å². The van der Waals surface area contributed by atoms with Crippen molar-refractivity contribution in [3.05, 3.63) is 0 Å². The molecule has 0 heterocycles. The van der Waals surface area contributed by atoms with Crippen molar-refractivity contribution in [2.75, 3.05) is 31.2 Å². The Bertz CT molecular complexity index is 201. The van der Waals surface area contributed by atoms with E-state index in [0.29, 0.717) is 13.2 Å². The normalized spacial score (nSPS) is 9.60. The van der Waals surface area contributed by atoms with Gasteiger partial charge in [-0.3, -0.25) is 4.79 Å². The van der Waals surface area contributed by atoms with Crippen LogP contribution in [0.4, 0.5) is 0 Å². The summed E-state index contributed by atoms with van der Waals surface area (Å²) in [6.07, 6.45) is 7.07. The third-order valence-corrected chi connectivity index (χ3v) is 2.50. The molecule has 0 unspecified atom stereocenters. The maximum Gasteiger partial charge on any atom is 0.319 e. The Kier molecular flexibility index (Phi) is 10.9. The van der Waals surface area contributed by atoms with E-state index in [2.05, 4.69) is 18.2 Å². The largest absolute Gasteiger partial charge is 0.465 e. The molecule has 0 bridgehead atoms. The van der Waals surface area contributed by atoms with Crippen molar-refractivity contribution in [1.82, 2.24) is 5.32 Å². The van der Waals surface area contributed by atoms with E-state index in [-0.39, 0.29) is 5.97 Å². The Morgan fingerprint density at radius 3 is 3.07 bits per heavy atom.